The zero-order chi connectivity index (χ0) is 13.8. The second kappa shape index (κ2) is 6.18. The third-order valence-corrected chi connectivity index (χ3v) is 4.15. The molecule has 1 aliphatic heterocycles. The van der Waals surface area contributed by atoms with Crippen molar-refractivity contribution in [3.05, 3.63) is 47.8 Å². The number of imidazole rings is 1. The number of rotatable bonds is 5. The van der Waals surface area contributed by atoms with Gasteiger partial charge in [-0.25, -0.2) is 4.98 Å². The van der Waals surface area contributed by atoms with Crippen molar-refractivity contribution in [1.82, 2.24) is 19.9 Å². The summed E-state index contributed by atoms with van der Waals surface area (Å²) in [6.07, 6.45) is 10.6. The van der Waals surface area contributed by atoms with Crippen LogP contribution >= 0.6 is 0 Å². The fourth-order valence-corrected chi connectivity index (χ4v) is 3.11. The summed E-state index contributed by atoms with van der Waals surface area (Å²) in [5.41, 5.74) is 3.74. The van der Waals surface area contributed by atoms with Gasteiger partial charge in [-0.15, -0.1) is 0 Å². The molecule has 1 aliphatic rings. The van der Waals surface area contributed by atoms with Crippen molar-refractivity contribution in [2.75, 3.05) is 6.54 Å². The number of aromatic nitrogens is 3. The summed E-state index contributed by atoms with van der Waals surface area (Å²) >= 11 is 0. The van der Waals surface area contributed by atoms with E-state index in [1.807, 2.05) is 12.4 Å². The fourth-order valence-electron chi connectivity index (χ4n) is 3.11. The Hall–Kier alpha value is -1.68. The fraction of sp³-hybridized carbons (Fsp3) is 0.500. The first-order chi connectivity index (χ1) is 9.81. The number of aryl methyl sites for hydroxylation is 2. The summed E-state index contributed by atoms with van der Waals surface area (Å²) in [5, 5.41) is 0. The summed E-state index contributed by atoms with van der Waals surface area (Å²) < 4.78 is 0. The van der Waals surface area contributed by atoms with Crippen molar-refractivity contribution >= 4 is 0 Å². The topological polar surface area (TPSA) is 44.8 Å². The van der Waals surface area contributed by atoms with Crippen LogP contribution in [0.15, 0.2) is 30.9 Å². The molecule has 1 N–H and O–H groups in total. The molecule has 20 heavy (non-hydrogen) atoms. The minimum Gasteiger partial charge on any atom is -0.347 e. The molecule has 4 nitrogen and oxygen atoms in total. The first kappa shape index (κ1) is 13.3. The Morgan fingerprint density at radius 2 is 2.40 bits per heavy atom. The molecule has 0 unspecified atom stereocenters. The minimum absolute atomic E-state index is 0.701. The highest BCUT2D eigenvalue weighted by atomic mass is 15.2. The van der Waals surface area contributed by atoms with E-state index in [9.17, 15) is 0 Å². The first-order valence-corrected chi connectivity index (χ1v) is 7.44. The van der Waals surface area contributed by atoms with E-state index in [-0.39, 0.29) is 0 Å². The van der Waals surface area contributed by atoms with Gasteiger partial charge in [0, 0.05) is 36.4 Å². The van der Waals surface area contributed by atoms with Crippen LogP contribution in [0.5, 0.6) is 0 Å². The highest BCUT2D eigenvalue weighted by Gasteiger charge is 2.24. The Balaban J connectivity index is 1.56. The zero-order valence-corrected chi connectivity index (χ0v) is 12.0. The van der Waals surface area contributed by atoms with Gasteiger partial charge in [0.25, 0.3) is 0 Å². The van der Waals surface area contributed by atoms with E-state index in [2.05, 4.69) is 38.9 Å². The van der Waals surface area contributed by atoms with E-state index in [1.165, 1.54) is 37.1 Å². The molecular weight excluding hydrogens is 248 g/mol. The Kier molecular flexibility index (Phi) is 4.11. The van der Waals surface area contributed by atoms with Crippen molar-refractivity contribution in [2.45, 2.75) is 45.2 Å². The van der Waals surface area contributed by atoms with Crippen LogP contribution in [0.4, 0.5) is 0 Å². The average Bonchev–Trinajstić information content (AvgIpc) is 3.09. The molecule has 0 spiro atoms. The molecule has 3 heterocycles. The van der Waals surface area contributed by atoms with Crippen LogP contribution in [-0.2, 0) is 13.0 Å². The molecule has 0 saturated carbocycles. The number of aromatic amines is 1. The lowest BCUT2D eigenvalue weighted by Gasteiger charge is -2.23. The lowest BCUT2D eigenvalue weighted by molar-refractivity contribution is 0.232. The summed E-state index contributed by atoms with van der Waals surface area (Å²) in [6, 6.07) is 5.04. The van der Waals surface area contributed by atoms with Crippen LogP contribution < -0.4 is 0 Å². The lowest BCUT2D eigenvalue weighted by Crippen LogP contribution is -2.29. The van der Waals surface area contributed by atoms with Crippen LogP contribution in [0, 0.1) is 6.92 Å². The Morgan fingerprint density at radius 1 is 1.45 bits per heavy atom. The predicted octanol–water partition coefficient (Wildman–Crippen LogP) is 2.71. The maximum Gasteiger partial charge on any atom is 0.0922 e. The molecule has 0 bridgehead atoms. The molecule has 3 rings (SSSR count). The summed E-state index contributed by atoms with van der Waals surface area (Å²) in [6.45, 7) is 4.27. The number of pyridine rings is 1. The number of likely N-dealkylation sites (tertiary alicyclic amines) is 1. The molecule has 2 aromatic rings. The van der Waals surface area contributed by atoms with E-state index in [0.717, 1.165) is 18.7 Å². The Bertz CT molecular complexity index is 535. The van der Waals surface area contributed by atoms with Crippen LogP contribution in [0.2, 0.25) is 0 Å². The highest BCUT2D eigenvalue weighted by molar-refractivity contribution is 5.15. The van der Waals surface area contributed by atoms with Crippen molar-refractivity contribution in [3.63, 3.8) is 0 Å². The third kappa shape index (κ3) is 3.25. The van der Waals surface area contributed by atoms with Gasteiger partial charge < -0.3 is 4.98 Å². The summed E-state index contributed by atoms with van der Waals surface area (Å²) in [4.78, 5) is 14.2. The largest absolute Gasteiger partial charge is 0.347 e. The van der Waals surface area contributed by atoms with Crippen molar-refractivity contribution < 1.29 is 0 Å². The van der Waals surface area contributed by atoms with Crippen LogP contribution in [0.1, 0.15) is 36.2 Å². The normalized spacial score (nSPS) is 19.6. The van der Waals surface area contributed by atoms with E-state index in [1.54, 1.807) is 6.33 Å². The zero-order valence-electron chi connectivity index (χ0n) is 12.0. The van der Waals surface area contributed by atoms with Gasteiger partial charge in [-0.3, -0.25) is 9.88 Å². The van der Waals surface area contributed by atoms with Crippen molar-refractivity contribution in [1.29, 1.82) is 0 Å². The van der Waals surface area contributed by atoms with E-state index in [4.69, 9.17) is 0 Å². The molecule has 0 radical (unpaired) electrons. The number of hydrogen-bond donors (Lipinski definition) is 1. The van der Waals surface area contributed by atoms with E-state index in [0.29, 0.717) is 6.04 Å². The molecule has 1 saturated heterocycles. The smallest absolute Gasteiger partial charge is 0.0922 e. The first-order valence-electron chi connectivity index (χ1n) is 7.44. The standard InChI is InChI=1S/C16H22N4/c1-13-9-14(6-7-18-13)4-5-16-3-2-8-20(16)11-15-10-17-12-19-15/h6-7,9-10,12,16H,2-5,8,11H2,1H3,(H,17,19)/t16-/m0/s1. The van der Waals surface area contributed by atoms with Gasteiger partial charge in [-0.2, -0.15) is 0 Å². The number of hydrogen-bond acceptors (Lipinski definition) is 3. The quantitative estimate of drug-likeness (QED) is 0.908. The molecule has 0 aromatic carbocycles. The Morgan fingerprint density at radius 3 is 3.20 bits per heavy atom. The minimum atomic E-state index is 0.701. The molecule has 4 heteroatoms. The second-order valence-corrected chi connectivity index (χ2v) is 5.69. The van der Waals surface area contributed by atoms with Gasteiger partial charge in [0.2, 0.25) is 0 Å². The second-order valence-electron chi connectivity index (χ2n) is 5.69. The van der Waals surface area contributed by atoms with E-state index >= 15 is 0 Å². The van der Waals surface area contributed by atoms with Gasteiger partial charge in [0.05, 0.1) is 6.33 Å². The van der Waals surface area contributed by atoms with Crippen molar-refractivity contribution in [3.8, 4) is 0 Å². The molecule has 0 amide bonds. The lowest BCUT2D eigenvalue weighted by atomic mass is 10.0. The summed E-state index contributed by atoms with van der Waals surface area (Å²) in [5.74, 6) is 0. The third-order valence-electron chi connectivity index (χ3n) is 4.15. The van der Waals surface area contributed by atoms with Crippen LogP contribution in [-0.4, -0.2) is 32.4 Å². The van der Waals surface area contributed by atoms with Gasteiger partial charge >= 0.3 is 0 Å². The van der Waals surface area contributed by atoms with Crippen LogP contribution in [0.3, 0.4) is 0 Å². The maximum absolute atomic E-state index is 4.26. The molecular formula is C16H22N4. The predicted molar refractivity (Wildman–Crippen MR) is 79.3 cm³/mol. The number of nitrogens with zero attached hydrogens (tertiary/aromatic N) is 3. The number of H-pyrrole nitrogens is 1. The van der Waals surface area contributed by atoms with Gasteiger partial charge in [0.15, 0.2) is 0 Å². The van der Waals surface area contributed by atoms with Gasteiger partial charge in [-0.1, -0.05) is 0 Å². The molecule has 106 valence electrons. The monoisotopic (exact) mass is 270 g/mol. The molecule has 1 fully saturated rings. The molecule has 0 aliphatic carbocycles. The highest BCUT2D eigenvalue weighted by Crippen LogP contribution is 2.23. The van der Waals surface area contributed by atoms with Gasteiger partial charge in [0.1, 0.15) is 0 Å². The van der Waals surface area contributed by atoms with Crippen LogP contribution in [0.25, 0.3) is 0 Å². The van der Waals surface area contributed by atoms with Crippen molar-refractivity contribution in [2.24, 2.45) is 0 Å². The summed E-state index contributed by atoms with van der Waals surface area (Å²) in [7, 11) is 0. The molecule has 1 atom stereocenters. The maximum atomic E-state index is 4.26. The SMILES string of the molecule is Cc1cc(CC[C@@H]2CCCN2Cc2cnc[nH]2)ccn1. The average molecular weight is 270 g/mol. The molecule has 2 aromatic heterocycles. The van der Waals surface area contributed by atoms with Gasteiger partial charge in [-0.05, 0) is 56.8 Å². The van der Waals surface area contributed by atoms with E-state index < -0.39 is 0 Å². The Labute approximate surface area is 120 Å². The number of nitrogens with one attached hydrogen (secondary N) is 1.